The van der Waals surface area contributed by atoms with E-state index in [1.807, 2.05) is 35.7 Å². The number of pyridine rings is 1. The standard InChI is InChI=1S/C19H17N3OS2/c1-2-13-5-6-17-14(8-13)9-15(10-20)19(22-17)25-12-18(23)21-11-16-4-3-7-24-16/h3-9H,2,11-12H2,1H3,(H,21,23). The highest BCUT2D eigenvalue weighted by Crippen LogP contribution is 2.25. The Hall–Kier alpha value is -2.36. The van der Waals surface area contributed by atoms with Crippen LogP contribution in [0.25, 0.3) is 10.9 Å². The molecule has 126 valence electrons. The van der Waals surface area contributed by atoms with Crippen LogP contribution in [0.15, 0.2) is 46.8 Å². The van der Waals surface area contributed by atoms with Gasteiger partial charge in [0, 0.05) is 10.3 Å². The van der Waals surface area contributed by atoms with Gasteiger partial charge in [-0.25, -0.2) is 4.98 Å². The summed E-state index contributed by atoms with van der Waals surface area (Å²) in [5, 5.41) is 15.8. The Labute approximate surface area is 154 Å². The molecule has 1 N–H and O–H groups in total. The van der Waals surface area contributed by atoms with Gasteiger partial charge in [0.25, 0.3) is 0 Å². The first-order valence-corrected chi connectivity index (χ1v) is 9.81. The first-order chi connectivity index (χ1) is 12.2. The van der Waals surface area contributed by atoms with Crippen LogP contribution in [0.4, 0.5) is 0 Å². The van der Waals surface area contributed by atoms with Crippen molar-refractivity contribution in [1.82, 2.24) is 10.3 Å². The molecule has 4 nitrogen and oxygen atoms in total. The van der Waals surface area contributed by atoms with E-state index in [2.05, 4.69) is 29.4 Å². The summed E-state index contributed by atoms with van der Waals surface area (Å²) < 4.78 is 0. The van der Waals surface area contributed by atoms with Gasteiger partial charge in [-0.1, -0.05) is 30.8 Å². The van der Waals surface area contributed by atoms with Crippen molar-refractivity contribution < 1.29 is 4.79 Å². The first kappa shape index (κ1) is 17.5. The van der Waals surface area contributed by atoms with Crippen molar-refractivity contribution in [1.29, 1.82) is 5.26 Å². The summed E-state index contributed by atoms with van der Waals surface area (Å²) >= 11 is 2.91. The van der Waals surface area contributed by atoms with Crippen LogP contribution in [-0.2, 0) is 17.8 Å². The zero-order valence-corrected chi connectivity index (χ0v) is 15.4. The number of carbonyl (C=O) groups excluding carboxylic acids is 1. The topological polar surface area (TPSA) is 65.8 Å². The van der Waals surface area contributed by atoms with Crippen molar-refractivity contribution in [2.24, 2.45) is 0 Å². The van der Waals surface area contributed by atoms with Crippen molar-refractivity contribution in [3.8, 4) is 6.07 Å². The Kier molecular flexibility index (Phi) is 5.69. The molecule has 0 saturated carbocycles. The van der Waals surface area contributed by atoms with Gasteiger partial charge in [0.1, 0.15) is 11.1 Å². The van der Waals surface area contributed by atoms with E-state index >= 15 is 0 Å². The van der Waals surface area contributed by atoms with E-state index in [4.69, 9.17) is 0 Å². The zero-order valence-electron chi connectivity index (χ0n) is 13.8. The first-order valence-electron chi connectivity index (χ1n) is 7.95. The SMILES string of the molecule is CCc1ccc2nc(SCC(=O)NCc3cccs3)c(C#N)cc2c1. The van der Waals surface area contributed by atoms with Gasteiger partial charge in [0.2, 0.25) is 5.91 Å². The highest BCUT2D eigenvalue weighted by molar-refractivity contribution is 8.00. The lowest BCUT2D eigenvalue weighted by Gasteiger charge is -2.07. The number of carbonyl (C=O) groups is 1. The molecule has 0 aliphatic carbocycles. The van der Waals surface area contributed by atoms with Crippen LogP contribution in [-0.4, -0.2) is 16.6 Å². The predicted molar refractivity (Wildman–Crippen MR) is 103 cm³/mol. The number of benzene rings is 1. The van der Waals surface area contributed by atoms with Crippen molar-refractivity contribution in [3.05, 3.63) is 57.8 Å². The number of rotatable bonds is 6. The highest BCUT2D eigenvalue weighted by Gasteiger charge is 2.10. The van der Waals surface area contributed by atoms with E-state index in [-0.39, 0.29) is 11.7 Å². The van der Waals surface area contributed by atoms with Crippen LogP contribution in [0.2, 0.25) is 0 Å². The molecule has 0 atom stereocenters. The fourth-order valence-electron chi connectivity index (χ4n) is 2.40. The Morgan fingerprint density at radius 3 is 2.96 bits per heavy atom. The molecule has 0 saturated heterocycles. The smallest absolute Gasteiger partial charge is 0.230 e. The summed E-state index contributed by atoms with van der Waals surface area (Å²) in [7, 11) is 0. The van der Waals surface area contributed by atoms with E-state index < -0.39 is 0 Å². The summed E-state index contributed by atoms with van der Waals surface area (Å²) in [5.41, 5.74) is 2.57. The molecular weight excluding hydrogens is 350 g/mol. The van der Waals surface area contributed by atoms with E-state index in [1.165, 1.54) is 17.3 Å². The average Bonchev–Trinajstić information content (AvgIpc) is 3.17. The minimum atomic E-state index is -0.0643. The molecule has 3 aromatic rings. The summed E-state index contributed by atoms with van der Waals surface area (Å²) in [6, 6.07) is 14.1. The average molecular weight is 367 g/mol. The highest BCUT2D eigenvalue weighted by atomic mass is 32.2. The zero-order chi connectivity index (χ0) is 17.6. The summed E-state index contributed by atoms with van der Waals surface area (Å²) in [5.74, 6) is 0.177. The minimum Gasteiger partial charge on any atom is -0.350 e. The van der Waals surface area contributed by atoms with Crippen LogP contribution in [0.1, 0.15) is 22.9 Å². The van der Waals surface area contributed by atoms with Gasteiger partial charge >= 0.3 is 0 Å². The van der Waals surface area contributed by atoms with Crippen LogP contribution in [0, 0.1) is 11.3 Å². The number of nitriles is 1. The third-order valence-corrected chi connectivity index (χ3v) is 5.62. The van der Waals surface area contributed by atoms with Crippen LogP contribution >= 0.6 is 23.1 Å². The van der Waals surface area contributed by atoms with Gasteiger partial charge in [0.05, 0.1) is 23.4 Å². The quantitative estimate of drug-likeness (QED) is 0.665. The van der Waals surface area contributed by atoms with Crippen molar-refractivity contribution >= 4 is 39.9 Å². The number of hydrogen-bond donors (Lipinski definition) is 1. The number of hydrogen-bond acceptors (Lipinski definition) is 5. The van der Waals surface area contributed by atoms with Crippen LogP contribution in [0.5, 0.6) is 0 Å². The van der Waals surface area contributed by atoms with Gasteiger partial charge in [-0.05, 0) is 41.6 Å². The second kappa shape index (κ2) is 8.15. The number of aromatic nitrogens is 1. The Balaban J connectivity index is 1.69. The maximum Gasteiger partial charge on any atom is 0.230 e. The summed E-state index contributed by atoms with van der Waals surface area (Å²) in [6.45, 7) is 2.63. The second-order valence-corrected chi connectivity index (χ2v) is 7.47. The third kappa shape index (κ3) is 4.38. The van der Waals surface area contributed by atoms with E-state index in [0.717, 1.165) is 22.2 Å². The van der Waals surface area contributed by atoms with Gasteiger partial charge in [0.15, 0.2) is 0 Å². The predicted octanol–water partition coefficient (Wildman–Crippen LogP) is 4.14. The van der Waals surface area contributed by atoms with E-state index in [0.29, 0.717) is 17.1 Å². The maximum absolute atomic E-state index is 12.0. The molecule has 0 aliphatic rings. The number of nitrogens with zero attached hydrogens (tertiary/aromatic N) is 2. The Morgan fingerprint density at radius 2 is 2.24 bits per heavy atom. The van der Waals surface area contributed by atoms with Gasteiger partial charge in [-0.3, -0.25) is 4.79 Å². The molecule has 0 aliphatic heterocycles. The third-order valence-electron chi connectivity index (χ3n) is 3.75. The normalized spacial score (nSPS) is 10.6. The summed E-state index contributed by atoms with van der Waals surface area (Å²) in [4.78, 5) is 17.7. The number of thioether (sulfide) groups is 1. The lowest BCUT2D eigenvalue weighted by Crippen LogP contribution is -2.24. The second-order valence-electron chi connectivity index (χ2n) is 5.48. The van der Waals surface area contributed by atoms with Crippen molar-refractivity contribution in [3.63, 3.8) is 0 Å². The molecule has 3 rings (SSSR count). The molecular formula is C19H17N3OS2. The molecule has 2 aromatic heterocycles. The summed E-state index contributed by atoms with van der Waals surface area (Å²) in [6.07, 6.45) is 0.943. The van der Waals surface area contributed by atoms with E-state index in [1.54, 1.807) is 11.3 Å². The number of aryl methyl sites for hydroxylation is 1. The Morgan fingerprint density at radius 1 is 1.36 bits per heavy atom. The fourth-order valence-corrected chi connectivity index (χ4v) is 3.84. The monoisotopic (exact) mass is 367 g/mol. The number of fused-ring (bicyclic) bond motifs is 1. The van der Waals surface area contributed by atoms with Crippen LogP contribution < -0.4 is 5.32 Å². The molecule has 0 unspecified atom stereocenters. The molecule has 0 radical (unpaired) electrons. The number of thiophene rings is 1. The molecule has 0 fully saturated rings. The molecule has 6 heteroatoms. The largest absolute Gasteiger partial charge is 0.350 e. The molecule has 0 spiro atoms. The lowest BCUT2D eigenvalue weighted by molar-refractivity contribution is -0.118. The lowest BCUT2D eigenvalue weighted by atomic mass is 10.1. The van der Waals surface area contributed by atoms with Gasteiger partial charge < -0.3 is 5.32 Å². The van der Waals surface area contributed by atoms with Crippen LogP contribution in [0.3, 0.4) is 0 Å². The molecule has 1 amide bonds. The molecule has 0 bridgehead atoms. The maximum atomic E-state index is 12.0. The van der Waals surface area contributed by atoms with Crippen molar-refractivity contribution in [2.75, 3.05) is 5.75 Å². The van der Waals surface area contributed by atoms with E-state index in [9.17, 15) is 10.1 Å². The molecule has 1 aromatic carbocycles. The Bertz CT molecular complexity index is 930. The molecule has 2 heterocycles. The number of amides is 1. The number of nitrogens with one attached hydrogen (secondary N) is 1. The minimum absolute atomic E-state index is 0.0643. The van der Waals surface area contributed by atoms with Gasteiger partial charge in [-0.2, -0.15) is 5.26 Å². The van der Waals surface area contributed by atoms with Gasteiger partial charge in [-0.15, -0.1) is 11.3 Å². The van der Waals surface area contributed by atoms with Crippen molar-refractivity contribution in [2.45, 2.75) is 24.9 Å². The fraction of sp³-hybridized carbons (Fsp3) is 0.211. The molecule has 25 heavy (non-hydrogen) atoms.